The summed E-state index contributed by atoms with van der Waals surface area (Å²) in [6.07, 6.45) is 2.70. The third-order valence-electron chi connectivity index (χ3n) is 3.48. The van der Waals surface area contributed by atoms with E-state index < -0.39 is 11.6 Å². The topological polar surface area (TPSA) is 55.8 Å². The summed E-state index contributed by atoms with van der Waals surface area (Å²) in [7, 11) is 0. The van der Waals surface area contributed by atoms with Gasteiger partial charge in [-0.2, -0.15) is 0 Å². The standard InChI is InChI=1S/C14H28O4/c1-7-14(6,8-2)18-11(3)9-10-17-13(4,5)12(15)16/h11H,7-10H2,1-6H3,(H,15,16). The lowest BCUT2D eigenvalue weighted by Gasteiger charge is -2.31. The first-order valence-corrected chi connectivity index (χ1v) is 6.72. The van der Waals surface area contributed by atoms with Gasteiger partial charge in [0, 0.05) is 0 Å². The van der Waals surface area contributed by atoms with Crippen molar-refractivity contribution < 1.29 is 19.4 Å². The molecule has 0 aliphatic carbocycles. The molecule has 18 heavy (non-hydrogen) atoms. The van der Waals surface area contributed by atoms with E-state index in [9.17, 15) is 4.79 Å². The minimum absolute atomic E-state index is 0.0690. The van der Waals surface area contributed by atoms with Crippen LogP contribution in [0, 0.1) is 0 Å². The molecule has 0 bridgehead atoms. The minimum Gasteiger partial charge on any atom is -0.479 e. The molecule has 1 unspecified atom stereocenters. The van der Waals surface area contributed by atoms with Crippen LogP contribution >= 0.6 is 0 Å². The van der Waals surface area contributed by atoms with Crippen molar-refractivity contribution in [1.82, 2.24) is 0 Å². The van der Waals surface area contributed by atoms with Crippen molar-refractivity contribution in [2.75, 3.05) is 6.61 Å². The predicted octanol–water partition coefficient (Wildman–Crippen LogP) is 3.24. The van der Waals surface area contributed by atoms with Gasteiger partial charge in [-0.25, -0.2) is 4.79 Å². The third-order valence-corrected chi connectivity index (χ3v) is 3.48. The van der Waals surface area contributed by atoms with Crippen molar-refractivity contribution in [2.24, 2.45) is 0 Å². The maximum absolute atomic E-state index is 10.9. The van der Waals surface area contributed by atoms with Crippen LogP contribution in [0.4, 0.5) is 0 Å². The lowest BCUT2D eigenvalue weighted by atomic mass is 9.99. The van der Waals surface area contributed by atoms with Gasteiger partial charge in [0.15, 0.2) is 5.60 Å². The van der Waals surface area contributed by atoms with Crippen molar-refractivity contribution in [3.8, 4) is 0 Å². The second kappa shape index (κ2) is 7.10. The van der Waals surface area contributed by atoms with E-state index in [1.807, 2.05) is 6.92 Å². The Labute approximate surface area is 111 Å². The molecule has 4 heteroatoms. The minimum atomic E-state index is -1.13. The second-order valence-corrected chi connectivity index (χ2v) is 5.54. The fourth-order valence-electron chi connectivity index (χ4n) is 1.50. The molecule has 0 heterocycles. The Morgan fingerprint density at radius 2 is 1.72 bits per heavy atom. The summed E-state index contributed by atoms with van der Waals surface area (Å²) < 4.78 is 11.3. The molecule has 0 aromatic heterocycles. The summed E-state index contributed by atoms with van der Waals surface area (Å²) in [5.41, 5.74) is -1.22. The van der Waals surface area contributed by atoms with Gasteiger partial charge in [0.1, 0.15) is 0 Å². The molecule has 0 aromatic rings. The summed E-state index contributed by atoms with van der Waals surface area (Å²) in [5.74, 6) is -0.942. The van der Waals surface area contributed by atoms with Crippen LogP contribution in [0.25, 0.3) is 0 Å². The number of hydrogen-bond acceptors (Lipinski definition) is 3. The molecular formula is C14H28O4. The number of carboxylic acid groups (broad SMARTS) is 1. The van der Waals surface area contributed by atoms with E-state index in [2.05, 4.69) is 20.8 Å². The van der Waals surface area contributed by atoms with E-state index in [0.29, 0.717) is 13.0 Å². The number of ether oxygens (including phenoxy) is 2. The molecule has 0 aliphatic rings. The summed E-state index contributed by atoms with van der Waals surface area (Å²) in [6, 6.07) is 0. The van der Waals surface area contributed by atoms with Gasteiger partial charge < -0.3 is 14.6 Å². The Morgan fingerprint density at radius 3 is 2.11 bits per heavy atom. The average molecular weight is 260 g/mol. The zero-order valence-corrected chi connectivity index (χ0v) is 12.6. The lowest BCUT2D eigenvalue weighted by molar-refractivity contribution is -0.163. The van der Waals surface area contributed by atoms with Crippen molar-refractivity contribution in [1.29, 1.82) is 0 Å². The molecule has 0 radical (unpaired) electrons. The van der Waals surface area contributed by atoms with Crippen molar-refractivity contribution >= 4 is 5.97 Å². The molecule has 4 nitrogen and oxygen atoms in total. The lowest BCUT2D eigenvalue weighted by Crippen LogP contribution is -2.36. The Balaban J connectivity index is 4.05. The molecule has 0 amide bonds. The van der Waals surface area contributed by atoms with Gasteiger partial charge in [-0.1, -0.05) is 13.8 Å². The number of carboxylic acids is 1. The van der Waals surface area contributed by atoms with Gasteiger partial charge >= 0.3 is 5.97 Å². The van der Waals surface area contributed by atoms with Gasteiger partial charge in [0.25, 0.3) is 0 Å². The van der Waals surface area contributed by atoms with Crippen molar-refractivity contribution in [3.05, 3.63) is 0 Å². The summed E-state index contributed by atoms with van der Waals surface area (Å²) >= 11 is 0. The van der Waals surface area contributed by atoms with Gasteiger partial charge in [0.05, 0.1) is 18.3 Å². The molecule has 0 fully saturated rings. The normalized spacial score (nSPS) is 14.6. The molecule has 0 aliphatic heterocycles. The van der Waals surface area contributed by atoms with Crippen LogP contribution in [0.2, 0.25) is 0 Å². The van der Waals surface area contributed by atoms with Crippen LogP contribution in [-0.4, -0.2) is 35.0 Å². The third kappa shape index (κ3) is 5.83. The highest BCUT2D eigenvalue weighted by Crippen LogP contribution is 2.22. The average Bonchev–Trinajstić information content (AvgIpc) is 2.28. The van der Waals surface area contributed by atoms with E-state index in [0.717, 1.165) is 12.8 Å². The number of rotatable bonds is 9. The van der Waals surface area contributed by atoms with Crippen LogP contribution in [0.1, 0.15) is 60.8 Å². The molecule has 1 N–H and O–H groups in total. The largest absolute Gasteiger partial charge is 0.479 e. The van der Waals surface area contributed by atoms with E-state index in [1.54, 1.807) is 13.8 Å². The van der Waals surface area contributed by atoms with E-state index in [4.69, 9.17) is 14.6 Å². The molecule has 0 saturated carbocycles. The molecule has 0 saturated heterocycles. The molecule has 0 aromatic carbocycles. The summed E-state index contributed by atoms with van der Waals surface area (Å²) in [6.45, 7) is 11.8. The summed E-state index contributed by atoms with van der Waals surface area (Å²) in [4.78, 5) is 10.9. The van der Waals surface area contributed by atoms with Crippen LogP contribution in [-0.2, 0) is 14.3 Å². The molecular weight excluding hydrogens is 232 g/mol. The Morgan fingerprint density at radius 1 is 1.22 bits per heavy atom. The first-order chi connectivity index (χ1) is 8.17. The van der Waals surface area contributed by atoms with Gasteiger partial charge in [-0.15, -0.1) is 0 Å². The van der Waals surface area contributed by atoms with Crippen molar-refractivity contribution in [2.45, 2.75) is 78.1 Å². The molecule has 1 atom stereocenters. The highest BCUT2D eigenvalue weighted by molar-refractivity contribution is 5.76. The maximum Gasteiger partial charge on any atom is 0.335 e. The Hall–Kier alpha value is -0.610. The number of aliphatic carboxylic acids is 1. The van der Waals surface area contributed by atoms with Crippen LogP contribution < -0.4 is 0 Å². The number of carbonyl (C=O) groups is 1. The Bertz CT molecular complexity index is 257. The highest BCUT2D eigenvalue weighted by atomic mass is 16.5. The fraction of sp³-hybridized carbons (Fsp3) is 0.929. The highest BCUT2D eigenvalue weighted by Gasteiger charge is 2.28. The van der Waals surface area contributed by atoms with Gasteiger partial charge in [-0.3, -0.25) is 0 Å². The quantitative estimate of drug-likeness (QED) is 0.691. The van der Waals surface area contributed by atoms with Gasteiger partial charge in [-0.05, 0) is 47.0 Å². The smallest absolute Gasteiger partial charge is 0.335 e. The molecule has 0 spiro atoms. The summed E-state index contributed by atoms with van der Waals surface area (Å²) in [5, 5.41) is 8.91. The van der Waals surface area contributed by atoms with Crippen LogP contribution in [0.15, 0.2) is 0 Å². The van der Waals surface area contributed by atoms with E-state index in [-0.39, 0.29) is 11.7 Å². The van der Waals surface area contributed by atoms with E-state index >= 15 is 0 Å². The molecule has 108 valence electrons. The first kappa shape index (κ1) is 17.4. The fourth-order valence-corrected chi connectivity index (χ4v) is 1.50. The Kier molecular flexibility index (Phi) is 6.86. The zero-order valence-electron chi connectivity index (χ0n) is 12.6. The van der Waals surface area contributed by atoms with Crippen LogP contribution in [0.3, 0.4) is 0 Å². The SMILES string of the molecule is CCC(C)(CC)OC(C)CCOC(C)(C)C(=O)O. The van der Waals surface area contributed by atoms with E-state index in [1.165, 1.54) is 0 Å². The van der Waals surface area contributed by atoms with Gasteiger partial charge in [0.2, 0.25) is 0 Å². The predicted molar refractivity (Wildman–Crippen MR) is 71.8 cm³/mol. The number of hydrogen-bond donors (Lipinski definition) is 1. The first-order valence-electron chi connectivity index (χ1n) is 6.72. The van der Waals surface area contributed by atoms with Crippen molar-refractivity contribution in [3.63, 3.8) is 0 Å². The zero-order chi connectivity index (χ0) is 14.4. The van der Waals surface area contributed by atoms with Crippen LogP contribution in [0.5, 0.6) is 0 Å². The molecule has 0 rings (SSSR count). The second-order valence-electron chi connectivity index (χ2n) is 5.54. The monoisotopic (exact) mass is 260 g/mol. The maximum atomic E-state index is 10.9.